The Kier molecular flexibility index (Phi) is 7.19. The topological polar surface area (TPSA) is 102 Å². The molecular weight excluding hydrogens is 444 g/mol. The summed E-state index contributed by atoms with van der Waals surface area (Å²) >= 11 is 0. The van der Waals surface area contributed by atoms with Crippen LogP contribution in [0.5, 0.6) is 0 Å². The maximum atomic E-state index is 14.9. The van der Waals surface area contributed by atoms with Gasteiger partial charge in [0.2, 0.25) is 0 Å². The monoisotopic (exact) mass is 467 g/mol. The Morgan fingerprint density at radius 2 is 1.91 bits per heavy atom. The molecule has 2 N–H and O–H groups in total. The minimum Gasteiger partial charge on any atom is -0.388 e. The van der Waals surface area contributed by atoms with E-state index in [1.165, 1.54) is 54.6 Å². The largest absolute Gasteiger partial charge is 0.388 e. The normalized spacial score (nSPS) is 14.9. The van der Waals surface area contributed by atoms with Gasteiger partial charge in [0, 0.05) is 12.7 Å². The maximum Gasteiger partial charge on any atom is 0.252 e. The van der Waals surface area contributed by atoms with Gasteiger partial charge in [-0.1, -0.05) is 18.2 Å². The van der Waals surface area contributed by atoms with Gasteiger partial charge in [-0.2, -0.15) is 15.0 Å². The molecule has 1 aliphatic rings. The zero-order valence-electron chi connectivity index (χ0n) is 18.4. The lowest BCUT2D eigenvalue weighted by Crippen LogP contribution is -2.48. The molecule has 0 radical (unpaired) electrons. The van der Waals surface area contributed by atoms with Gasteiger partial charge >= 0.3 is 0 Å². The number of carbonyl (C=O) groups excluding carboxylic acids is 1. The molecule has 0 spiro atoms. The number of halogens is 2. The van der Waals surface area contributed by atoms with Crippen molar-refractivity contribution in [2.45, 2.75) is 18.7 Å². The van der Waals surface area contributed by atoms with E-state index in [2.05, 4.69) is 20.5 Å². The second-order valence-corrected chi connectivity index (χ2v) is 7.73. The molecule has 0 fully saturated rings. The predicted molar refractivity (Wildman–Crippen MR) is 121 cm³/mol. The highest BCUT2D eigenvalue weighted by atomic mass is 19.1. The lowest BCUT2D eigenvalue weighted by Gasteiger charge is -2.24. The highest BCUT2D eigenvalue weighted by Crippen LogP contribution is 2.25. The van der Waals surface area contributed by atoms with Gasteiger partial charge in [0.05, 0.1) is 55.5 Å². The summed E-state index contributed by atoms with van der Waals surface area (Å²) in [6.45, 7) is 0.332. The van der Waals surface area contributed by atoms with Crippen LogP contribution < -0.4 is 5.32 Å². The van der Waals surface area contributed by atoms with Crippen molar-refractivity contribution in [2.24, 2.45) is 4.99 Å². The predicted octanol–water partition coefficient (Wildman–Crippen LogP) is 2.25. The number of amides is 1. The summed E-state index contributed by atoms with van der Waals surface area (Å²) in [5.74, 6) is -1.55. The number of nitrogens with zero attached hydrogens (tertiary/aromatic N) is 4. The number of aromatic nitrogens is 3. The highest BCUT2D eigenvalue weighted by Gasteiger charge is 2.27. The van der Waals surface area contributed by atoms with Crippen molar-refractivity contribution in [2.75, 3.05) is 20.3 Å². The number of ether oxygens (including phenoxy) is 1. The molecule has 1 aliphatic heterocycles. The Morgan fingerprint density at radius 1 is 1.18 bits per heavy atom. The van der Waals surface area contributed by atoms with E-state index in [9.17, 15) is 18.7 Å². The molecule has 34 heavy (non-hydrogen) atoms. The van der Waals surface area contributed by atoms with Crippen LogP contribution in [0.4, 0.5) is 8.78 Å². The minimum atomic E-state index is -1.05. The van der Waals surface area contributed by atoms with Crippen molar-refractivity contribution >= 4 is 17.2 Å². The van der Waals surface area contributed by atoms with Gasteiger partial charge < -0.3 is 15.2 Å². The summed E-state index contributed by atoms with van der Waals surface area (Å²) in [6, 6.07) is 9.32. The first-order valence-corrected chi connectivity index (χ1v) is 10.6. The molecule has 0 unspecified atom stereocenters. The van der Waals surface area contributed by atoms with E-state index in [4.69, 9.17) is 4.74 Å². The average Bonchev–Trinajstić information content (AvgIpc) is 3.51. The average molecular weight is 467 g/mol. The van der Waals surface area contributed by atoms with Crippen molar-refractivity contribution in [3.63, 3.8) is 0 Å². The summed E-state index contributed by atoms with van der Waals surface area (Å²) in [5.41, 5.74) is 1.97. The Balaban J connectivity index is 1.60. The van der Waals surface area contributed by atoms with E-state index in [1.807, 2.05) is 0 Å². The molecule has 2 atom stereocenters. The Morgan fingerprint density at radius 3 is 2.62 bits per heavy atom. The minimum absolute atomic E-state index is 0.0291. The number of rotatable bonds is 9. The Bertz CT molecular complexity index is 1210. The van der Waals surface area contributed by atoms with Crippen LogP contribution in [0.2, 0.25) is 0 Å². The van der Waals surface area contributed by atoms with Crippen molar-refractivity contribution < 1.29 is 23.4 Å². The summed E-state index contributed by atoms with van der Waals surface area (Å²) in [4.78, 5) is 19.0. The molecule has 0 saturated carbocycles. The summed E-state index contributed by atoms with van der Waals surface area (Å²) in [6.07, 6.45) is 3.60. The van der Waals surface area contributed by atoms with Gasteiger partial charge in [0.25, 0.3) is 5.91 Å². The molecule has 1 amide bonds. The van der Waals surface area contributed by atoms with E-state index >= 15 is 0 Å². The number of methoxy groups -OCH3 is 1. The second-order valence-electron chi connectivity index (χ2n) is 7.73. The molecule has 2 aromatic carbocycles. The third-order valence-corrected chi connectivity index (χ3v) is 5.41. The van der Waals surface area contributed by atoms with Crippen molar-refractivity contribution in [3.05, 3.63) is 89.3 Å². The number of hydrogen-bond donors (Lipinski definition) is 2. The summed E-state index contributed by atoms with van der Waals surface area (Å²) < 4.78 is 33.2. The third kappa shape index (κ3) is 5.24. The van der Waals surface area contributed by atoms with Crippen LogP contribution in [0.3, 0.4) is 0 Å². The molecule has 0 aliphatic carbocycles. The Hall–Kier alpha value is -3.76. The lowest BCUT2D eigenvalue weighted by molar-refractivity contribution is 0.0312. The third-order valence-electron chi connectivity index (χ3n) is 5.41. The van der Waals surface area contributed by atoms with Crippen LogP contribution in [0.25, 0.3) is 5.57 Å². The number of aliphatic hydroxyl groups is 1. The van der Waals surface area contributed by atoms with Crippen LogP contribution in [-0.2, 0) is 11.3 Å². The van der Waals surface area contributed by atoms with Gasteiger partial charge in [-0.15, -0.1) is 0 Å². The molecular formula is C24H23F2N5O3. The lowest BCUT2D eigenvalue weighted by atomic mass is 9.99. The molecule has 4 rings (SSSR count). The number of carbonyl (C=O) groups is 1. The van der Waals surface area contributed by atoms with E-state index in [-0.39, 0.29) is 36.6 Å². The molecule has 1 aromatic heterocycles. The van der Waals surface area contributed by atoms with Crippen LogP contribution in [0, 0.1) is 11.6 Å². The molecule has 8 nitrogen and oxygen atoms in total. The van der Waals surface area contributed by atoms with Crippen molar-refractivity contribution in [1.82, 2.24) is 20.3 Å². The fourth-order valence-corrected chi connectivity index (χ4v) is 3.70. The molecule has 3 aromatic rings. The standard InChI is InChI=1S/C24H23F2N5O3/c1-34-14-22(32)21(13-31-28-9-10-29-31)30-24(33)18-3-2-4-19(26)23(18)20-11-16(12-27-20)15-5-7-17(25)8-6-15/h2-11,21-22,32H,12-14H2,1H3,(H,30,33)/t21-,22-/m1/s1. The zero-order chi connectivity index (χ0) is 24.1. The van der Waals surface area contributed by atoms with E-state index < -0.39 is 23.9 Å². The SMILES string of the molecule is COC[C@@H](O)[C@@H](Cn1nccn1)NC(=O)c1cccc(F)c1C1=NCC(c2ccc(F)cc2)=C1. The zero-order valence-corrected chi connectivity index (χ0v) is 18.4. The fraction of sp³-hybridized carbons (Fsp3) is 0.250. The van der Waals surface area contributed by atoms with Crippen molar-refractivity contribution in [1.29, 1.82) is 0 Å². The number of allylic oxidation sites excluding steroid dienone is 1. The summed E-state index contributed by atoms with van der Waals surface area (Å²) in [7, 11) is 1.43. The smallest absolute Gasteiger partial charge is 0.252 e. The van der Waals surface area contributed by atoms with Gasteiger partial charge in [0.15, 0.2) is 0 Å². The van der Waals surface area contributed by atoms with Gasteiger partial charge in [-0.3, -0.25) is 9.79 Å². The summed E-state index contributed by atoms with van der Waals surface area (Å²) in [5, 5.41) is 21.2. The van der Waals surface area contributed by atoms with Gasteiger partial charge in [0.1, 0.15) is 11.6 Å². The van der Waals surface area contributed by atoms with Gasteiger partial charge in [-0.25, -0.2) is 8.78 Å². The first kappa shape index (κ1) is 23.4. The first-order valence-electron chi connectivity index (χ1n) is 10.6. The van der Waals surface area contributed by atoms with E-state index in [0.29, 0.717) is 5.71 Å². The molecule has 176 valence electrons. The van der Waals surface area contributed by atoms with Crippen LogP contribution in [0.1, 0.15) is 21.5 Å². The van der Waals surface area contributed by atoms with Crippen LogP contribution in [-0.4, -0.2) is 64.1 Å². The molecule has 0 saturated heterocycles. The fourth-order valence-electron chi connectivity index (χ4n) is 3.70. The number of benzene rings is 2. The number of hydrogen-bond acceptors (Lipinski definition) is 6. The van der Waals surface area contributed by atoms with E-state index in [0.717, 1.165) is 11.1 Å². The van der Waals surface area contributed by atoms with Crippen LogP contribution >= 0.6 is 0 Å². The molecule has 10 heteroatoms. The number of aliphatic hydroxyl groups excluding tert-OH is 1. The highest BCUT2D eigenvalue weighted by molar-refractivity contribution is 6.19. The maximum absolute atomic E-state index is 14.9. The van der Waals surface area contributed by atoms with Crippen molar-refractivity contribution in [3.8, 4) is 0 Å². The van der Waals surface area contributed by atoms with E-state index in [1.54, 1.807) is 18.2 Å². The van der Waals surface area contributed by atoms with Gasteiger partial charge in [-0.05, 0) is 41.5 Å². The second kappa shape index (κ2) is 10.4. The quantitative estimate of drug-likeness (QED) is 0.503. The molecule has 0 bridgehead atoms. The number of nitrogens with one attached hydrogen (secondary N) is 1. The number of aliphatic imine (C=N–C) groups is 1. The first-order chi connectivity index (χ1) is 16.5. The molecule has 2 heterocycles. The Labute approximate surface area is 194 Å². The van der Waals surface area contributed by atoms with Crippen LogP contribution in [0.15, 0.2) is 65.9 Å².